The van der Waals surface area contributed by atoms with Crippen molar-refractivity contribution in [2.45, 2.75) is 13.5 Å². The van der Waals surface area contributed by atoms with E-state index in [-0.39, 0.29) is 17.4 Å². The highest BCUT2D eigenvalue weighted by atomic mass is 16.5. The fourth-order valence-electron chi connectivity index (χ4n) is 3.33. The first-order valence-electron chi connectivity index (χ1n) is 9.46. The smallest absolute Gasteiger partial charge is 0.332 e. The van der Waals surface area contributed by atoms with Crippen LogP contribution in [-0.2, 0) is 20.6 Å². The van der Waals surface area contributed by atoms with Gasteiger partial charge in [-0.05, 0) is 31.2 Å². The van der Waals surface area contributed by atoms with Crippen molar-refractivity contribution in [1.82, 2.24) is 18.7 Å². The Hall–Kier alpha value is -3.94. The molecule has 0 aliphatic heterocycles. The van der Waals surface area contributed by atoms with Crippen LogP contribution in [0.5, 0.6) is 11.8 Å². The summed E-state index contributed by atoms with van der Waals surface area (Å²) in [5.41, 5.74) is 0.818. The quantitative estimate of drug-likeness (QED) is 0.477. The van der Waals surface area contributed by atoms with Gasteiger partial charge in [0.2, 0.25) is 0 Å². The zero-order valence-electron chi connectivity index (χ0n) is 16.8. The topological polar surface area (TPSA) is 88.1 Å². The number of hydrogen-bond acceptors (Lipinski definition) is 5. The van der Waals surface area contributed by atoms with Crippen molar-refractivity contribution in [3.8, 4) is 11.8 Å². The molecule has 8 heteroatoms. The van der Waals surface area contributed by atoms with Gasteiger partial charge in [-0.3, -0.25) is 23.3 Å². The summed E-state index contributed by atoms with van der Waals surface area (Å²) in [7, 11) is 2.99. The molecule has 0 unspecified atom stereocenters. The van der Waals surface area contributed by atoms with Crippen molar-refractivity contribution in [3.63, 3.8) is 0 Å². The molecule has 0 N–H and O–H groups in total. The summed E-state index contributed by atoms with van der Waals surface area (Å²) in [6.45, 7) is 2.30. The molecule has 0 atom stereocenters. The Kier molecular flexibility index (Phi) is 4.83. The molecule has 0 bridgehead atoms. The van der Waals surface area contributed by atoms with Gasteiger partial charge in [0.25, 0.3) is 5.56 Å². The van der Waals surface area contributed by atoms with Gasteiger partial charge < -0.3 is 4.74 Å². The second-order valence-electron chi connectivity index (χ2n) is 6.84. The normalized spacial score (nSPS) is 11.0. The molecule has 152 valence electrons. The first-order chi connectivity index (χ1) is 14.4. The van der Waals surface area contributed by atoms with E-state index in [1.807, 2.05) is 25.1 Å². The first kappa shape index (κ1) is 19.4. The van der Waals surface area contributed by atoms with Crippen LogP contribution in [0.4, 0.5) is 0 Å². The Labute approximate surface area is 171 Å². The lowest BCUT2D eigenvalue weighted by molar-refractivity contribution is 0.103. The van der Waals surface area contributed by atoms with E-state index in [2.05, 4.69) is 4.98 Å². The van der Waals surface area contributed by atoms with Gasteiger partial charge in [-0.15, -0.1) is 0 Å². The summed E-state index contributed by atoms with van der Waals surface area (Å²) >= 11 is 0. The van der Waals surface area contributed by atoms with Crippen molar-refractivity contribution in [1.29, 1.82) is 0 Å². The van der Waals surface area contributed by atoms with Gasteiger partial charge in [-0.25, -0.2) is 4.79 Å². The van der Waals surface area contributed by atoms with E-state index >= 15 is 0 Å². The maximum Gasteiger partial charge on any atom is 0.332 e. The molecule has 0 radical (unpaired) electrons. The highest BCUT2D eigenvalue weighted by Gasteiger charge is 2.19. The highest BCUT2D eigenvalue weighted by molar-refractivity contribution is 6.08. The van der Waals surface area contributed by atoms with Gasteiger partial charge in [-0.2, -0.15) is 4.98 Å². The molecule has 0 aliphatic carbocycles. The maximum absolute atomic E-state index is 12.6. The lowest BCUT2D eigenvalue weighted by Crippen LogP contribution is -2.37. The second-order valence-corrected chi connectivity index (χ2v) is 6.84. The summed E-state index contributed by atoms with van der Waals surface area (Å²) in [5.74, 6) is 0.382. The molecule has 0 amide bonds. The van der Waals surface area contributed by atoms with Crippen LogP contribution < -0.4 is 16.0 Å². The molecule has 2 aromatic carbocycles. The van der Waals surface area contributed by atoms with Crippen LogP contribution in [0.15, 0.2) is 64.2 Å². The second kappa shape index (κ2) is 7.47. The number of ketones is 1. The van der Waals surface area contributed by atoms with Gasteiger partial charge >= 0.3 is 11.7 Å². The lowest BCUT2D eigenvalue weighted by Gasteiger charge is -2.08. The molecule has 0 fully saturated rings. The molecule has 0 saturated carbocycles. The van der Waals surface area contributed by atoms with E-state index in [9.17, 15) is 14.4 Å². The van der Waals surface area contributed by atoms with E-state index in [4.69, 9.17) is 4.74 Å². The van der Waals surface area contributed by atoms with Gasteiger partial charge in [0, 0.05) is 31.8 Å². The lowest BCUT2D eigenvalue weighted by atomic mass is 10.0. The average molecular weight is 404 g/mol. The number of carbonyl (C=O) groups excluding carboxylic acids is 1. The average Bonchev–Trinajstić information content (AvgIpc) is 3.15. The predicted molar refractivity (Wildman–Crippen MR) is 112 cm³/mol. The van der Waals surface area contributed by atoms with Crippen molar-refractivity contribution < 1.29 is 9.53 Å². The molecule has 4 rings (SSSR count). The van der Waals surface area contributed by atoms with Gasteiger partial charge in [0.15, 0.2) is 16.9 Å². The monoisotopic (exact) mass is 404 g/mol. The predicted octanol–water partition coefficient (Wildman–Crippen LogP) is 2.48. The first-order valence-corrected chi connectivity index (χ1v) is 9.46. The van der Waals surface area contributed by atoms with E-state index in [1.165, 1.54) is 11.6 Å². The number of carbonyl (C=O) groups is 1. The minimum Gasteiger partial charge on any atom is -0.425 e. The number of ether oxygens (including phenoxy) is 1. The Morgan fingerprint density at radius 3 is 2.20 bits per heavy atom. The van der Waals surface area contributed by atoms with Crippen LogP contribution in [0.1, 0.15) is 22.8 Å². The van der Waals surface area contributed by atoms with E-state index in [0.29, 0.717) is 28.9 Å². The van der Waals surface area contributed by atoms with Crippen LogP contribution in [0.3, 0.4) is 0 Å². The Balaban J connectivity index is 1.70. The summed E-state index contributed by atoms with van der Waals surface area (Å²) in [6, 6.07) is 15.9. The fraction of sp³-hybridized carbons (Fsp3) is 0.182. The van der Waals surface area contributed by atoms with Crippen molar-refractivity contribution >= 4 is 16.9 Å². The van der Waals surface area contributed by atoms with E-state index in [0.717, 1.165) is 4.57 Å². The number of benzene rings is 2. The SMILES string of the molecule is CCn1c(Oc2ccc(C(=O)c3ccccc3)cc2)nc2c1c(=O)n(C)c(=O)n2C. The fourth-order valence-corrected chi connectivity index (χ4v) is 3.33. The Bertz CT molecular complexity index is 1360. The number of aromatic nitrogens is 4. The highest BCUT2D eigenvalue weighted by Crippen LogP contribution is 2.24. The largest absolute Gasteiger partial charge is 0.425 e. The molecule has 30 heavy (non-hydrogen) atoms. The number of imidazole rings is 1. The summed E-state index contributed by atoms with van der Waals surface area (Å²) in [5, 5.41) is 0. The van der Waals surface area contributed by atoms with Crippen LogP contribution in [0.25, 0.3) is 11.2 Å². The van der Waals surface area contributed by atoms with Crippen molar-refractivity contribution in [2.75, 3.05) is 0 Å². The molecule has 0 aliphatic rings. The van der Waals surface area contributed by atoms with Crippen LogP contribution in [0.2, 0.25) is 0 Å². The summed E-state index contributed by atoms with van der Waals surface area (Å²) in [6.07, 6.45) is 0. The number of aryl methyl sites for hydroxylation is 2. The summed E-state index contributed by atoms with van der Waals surface area (Å²) < 4.78 is 9.88. The van der Waals surface area contributed by atoms with Crippen LogP contribution >= 0.6 is 0 Å². The zero-order valence-corrected chi connectivity index (χ0v) is 16.8. The standard InChI is InChI=1S/C22H20N4O4/c1-4-26-17-19(24(2)22(29)25(3)20(17)28)23-21(26)30-16-12-10-15(11-13-16)18(27)14-8-6-5-7-9-14/h5-13H,4H2,1-3H3. The minimum atomic E-state index is -0.455. The minimum absolute atomic E-state index is 0.0820. The third-order valence-electron chi connectivity index (χ3n) is 4.99. The molecular weight excluding hydrogens is 384 g/mol. The number of fused-ring (bicyclic) bond motifs is 1. The molecule has 0 saturated heterocycles. The van der Waals surface area contributed by atoms with Gasteiger partial charge in [0.1, 0.15) is 5.75 Å². The van der Waals surface area contributed by atoms with Crippen LogP contribution in [0, 0.1) is 0 Å². The molecule has 0 spiro atoms. The van der Waals surface area contributed by atoms with Crippen molar-refractivity contribution in [2.24, 2.45) is 14.1 Å². The van der Waals surface area contributed by atoms with Crippen molar-refractivity contribution in [3.05, 3.63) is 86.6 Å². The number of nitrogens with zero attached hydrogens (tertiary/aromatic N) is 4. The molecule has 8 nitrogen and oxygen atoms in total. The zero-order chi connectivity index (χ0) is 21.4. The Morgan fingerprint density at radius 2 is 1.57 bits per heavy atom. The summed E-state index contributed by atoms with van der Waals surface area (Å²) in [4.78, 5) is 41.7. The molecular formula is C22H20N4O4. The number of hydrogen-bond donors (Lipinski definition) is 0. The van der Waals surface area contributed by atoms with Crippen LogP contribution in [-0.4, -0.2) is 24.5 Å². The van der Waals surface area contributed by atoms with Gasteiger partial charge in [-0.1, -0.05) is 30.3 Å². The van der Waals surface area contributed by atoms with E-state index in [1.54, 1.807) is 48.0 Å². The van der Waals surface area contributed by atoms with E-state index < -0.39 is 11.2 Å². The molecule has 2 aromatic heterocycles. The third-order valence-corrected chi connectivity index (χ3v) is 4.99. The third kappa shape index (κ3) is 3.12. The maximum atomic E-state index is 12.6. The Morgan fingerprint density at radius 1 is 0.933 bits per heavy atom. The molecule has 2 heterocycles. The van der Waals surface area contributed by atoms with Gasteiger partial charge in [0.05, 0.1) is 0 Å². The molecule has 4 aromatic rings. The number of rotatable bonds is 5.